The smallest absolute Gasteiger partial charge is 0.314 e. The third kappa shape index (κ3) is 7.51. The molecule has 0 aliphatic rings. The number of halogens is 4. The highest BCUT2D eigenvalue weighted by molar-refractivity contribution is 6.76. The van der Waals surface area contributed by atoms with Gasteiger partial charge < -0.3 is 19.4 Å². The van der Waals surface area contributed by atoms with E-state index in [1.54, 1.807) is 0 Å². The molecule has 0 bridgehead atoms. The Kier molecular flexibility index (Phi) is 9.62. The standard InChI is InChI=1S/C24H23Cl2F2N5O5Si/c1-39(2,3)7-6-37-13-32-12-31-23(26)21(32)24(34)30-11-14-4-5-16(25)22(20(14)28)38-19-8-15(10-29)17(27)9-18(19)33(35)36/h4-5,8-9,12H,6-7,11,13H2,1-3H3,(H,30,34). The van der Waals surface area contributed by atoms with Gasteiger partial charge in [0.25, 0.3) is 5.91 Å². The van der Waals surface area contributed by atoms with Crippen molar-refractivity contribution in [2.24, 2.45) is 0 Å². The molecule has 1 heterocycles. The third-order valence-electron chi connectivity index (χ3n) is 5.38. The van der Waals surface area contributed by atoms with Crippen LogP contribution in [0.3, 0.4) is 0 Å². The van der Waals surface area contributed by atoms with E-state index in [9.17, 15) is 19.3 Å². The molecule has 2 aromatic carbocycles. The molecule has 0 atom stereocenters. The molecule has 15 heteroatoms. The Morgan fingerprint density at radius 3 is 2.64 bits per heavy atom. The van der Waals surface area contributed by atoms with Gasteiger partial charge in [-0.3, -0.25) is 14.9 Å². The van der Waals surface area contributed by atoms with Crippen LogP contribution in [0.15, 0.2) is 30.6 Å². The second-order valence-electron chi connectivity index (χ2n) is 9.50. The third-order valence-corrected chi connectivity index (χ3v) is 7.66. The van der Waals surface area contributed by atoms with Gasteiger partial charge in [0.15, 0.2) is 16.7 Å². The fourth-order valence-corrected chi connectivity index (χ4v) is 4.43. The molecule has 0 aliphatic carbocycles. The summed E-state index contributed by atoms with van der Waals surface area (Å²) in [5.41, 5.74) is -1.45. The first-order valence-electron chi connectivity index (χ1n) is 11.4. The fourth-order valence-electron chi connectivity index (χ4n) is 3.25. The number of hydrogen-bond acceptors (Lipinski definition) is 7. The Labute approximate surface area is 233 Å². The Balaban J connectivity index is 1.78. The molecule has 10 nitrogen and oxygen atoms in total. The summed E-state index contributed by atoms with van der Waals surface area (Å²) < 4.78 is 41.6. The molecule has 0 saturated carbocycles. The SMILES string of the molecule is C[Si](C)(C)CCOCn1cnc(Cl)c1C(=O)NCc1ccc(Cl)c(Oc2cc(C#N)c(F)cc2[N+](=O)[O-])c1F. The van der Waals surface area contributed by atoms with Crippen molar-refractivity contribution in [3.63, 3.8) is 0 Å². The van der Waals surface area contributed by atoms with E-state index in [2.05, 4.69) is 29.9 Å². The van der Waals surface area contributed by atoms with Gasteiger partial charge in [-0.25, -0.2) is 13.8 Å². The Hall–Kier alpha value is -3.57. The predicted octanol–water partition coefficient (Wildman–Crippen LogP) is 6.28. The molecule has 0 aliphatic heterocycles. The van der Waals surface area contributed by atoms with Crippen molar-refractivity contribution in [1.82, 2.24) is 14.9 Å². The second-order valence-corrected chi connectivity index (χ2v) is 15.9. The van der Waals surface area contributed by atoms with Gasteiger partial charge in [-0.1, -0.05) is 48.9 Å². The van der Waals surface area contributed by atoms with Crippen LogP contribution in [0.25, 0.3) is 0 Å². The minimum Gasteiger partial charge on any atom is -0.445 e. The summed E-state index contributed by atoms with van der Waals surface area (Å²) in [6.45, 7) is 6.83. The van der Waals surface area contributed by atoms with Gasteiger partial charge in [0.05, 0.1) is 27.9 Å². The maximum absolute atomic E-state index is 15.3. The molecular weight excluding hydrogens is 575 g/mol. The van der Waals surface area contributed by atoms with Crippen molar-refractivity contribution >= 4 is 42.9 Å². The highest BCUT2D eigenvalue weighted by Crippen LogP contribution is 2.39. The normalized spacial score (nSPS) is 11.2. The topological polar surface area (TPSA) is 132 Å². The van der Waals surface area contributed by atoms with Crippen LogP contribution in [0.2, 0.25) is 35.9 Å². The number of rotatable bonds is 11. The number of carbonyl (C=O) groups excluding carboxylic acids is 1. The summed E-state index contributed by atoms with van der Waals surface area (Å²) in [7, 11) is -1.31. The number of nitrogens with zero attached hydrogens (tertiary/aromatic N) is 4. The van der Waals surface area contributed by atoms with E-state index in [0.717, 1.165) is 12.1 Å². The van der Waals surface area contributed by atoms with E-state index in [4.69, 9.17) is 37.9 Å². The molecule has 0 saturated heterocycles. The van der Waals surface area contributed by atoms with Crippen LogP contribution in [0, 0.1) is 33.1 Å². The molecule has 1 N–H and O–H groups in total. The lowest BCUT2D eigenvalue weighted by Crippen LogP contribution is -2.27. The van der Waals surface area contributed by atoms with Crippen LogP contribution in [-0.4, -0.2) is 35.1 Å². The lowest BCUT2D eigenvalue weighted by molar-refractivity contribution is -0.385. The first kappa shape index (κ1) is 30.0. The number of nitro benzene ring substituents is 1. The zero-order valence-electron chi connectivity index (χ0n) is 21.1. The van der Waals surface area contributed by atoms with E-state index in [0.29, 0.717) is 12.7 Å². The molecule has 206 valence electrons. The molecule has 1 amide bonds. The maximum atomic E-state index is 15.3. The van der Waals surface area contributed by atoms with Crippen LogP contribution in [-0.2, 0) is 18.0 Å². The van der Waals surface area contributed by atoms with Crippen LogP contribution in [0.4, 0.5) is 14.5 Å². The van der Waals surface area contributed by atoms with Gasteiger partial charge in [0, 0.05) is 32.9 Å². The average Bonchev–Trinajstić information content (AvgIpc) is 3.23. The molecule has 3 aromatic rings. The summed E-state index contributed by atoms with van der Waals surface area (Å²) in [5, 5.41) is 22.6. The van der Waals surface area contributed by atoms with E-state index in [1.807, 2.05) is 0 Å². The van der Waals surface area contributed by atoms with Crippen LogP contribution < -0.4 is 10.1 Å². The predicted molar refractivity (Wildman–Crippen MR) is 142 cm³/mol. The van der Waals surface area contributed by atoms with E-state index < -0.39 is 53.3 Å². The molecule has 3 rings (SSSR count). The Morgan fingerprint density at radius 2 is 2.00 bits per heavy atom. The lowest BCUT2D eigenvalue weighted by Gasteiger charge is -2.16. The number of ether oxygens (including phenoxy) is 2. The monoisotopic (exact) mass is 597 g/mol. The number of carbonyl (C=O) groups is 1. The van der Waals surface area contributed by atoms with Crippen LogP contribution >= 0.6 is 23.2 Å². The largest absolute Gasteiger partial charge is 0.445 e. The minimum absolute atomic E-state index is 0.0153. The van der Waals surface area contributed by atoms with Crippen molar-refractivity contribution in [3.8, 4) is 17.6 Å². The van der Waals surface area contributed by atoms with Gasteiger partial charge in [-0.05, 0) is 12.1 Å². The van der Waals surface area contributed by atoms with Gasteiger partial charge >= 0.3 is 5.69 Å². The number of aromatic nitrogens is 2. The molecule has 39 heavy (non-hydrogen) atoms. The summed E-state index contributed by atoms with van der Waals surface area (Å²) in [5.74, 6) is -4.03. The lowest BCUT2D eigenvalue weighted by atomic mass is 10.1. The zero-order valence-corrected chi connectivity index (χ0v) is 23.6. The highest BCUT2D eigenvalue weighted by Gasteiger charge is 2.25. The van der Waals surface area contributed by atoms with Crippen molar-refractivity contribution in [2.45, 2.75) is 39.0 Å². The van der Waals surface area contributed by atoms with Crippen molar-refractivity contribution in [3.05, 3.63) is 79.3 Å². The number of hydrogen-bond donors (Lipinski definition) is 1. The molecule has 0 radical (unpaired) electrons. The highest BCUT2D eigenvalue weighted by atomic mass is 35.5. The van der Waals surface area contributed by atoms with Crippen molar-refractivity contribution in [2.75, 3.05) is 6.61 Å². The van der Waals surface area contributed by atoms with E-state index in [-0.39, 0.29) is 34.7 Å². The Bertz CT molecular complexity index is 1460. The summed E-state index contributed by atoms with van der Waals surface area (Å²) in [6, 6.07) is 6.25. The van der Waals surface area contributed by atoms with Crippen molar-refractivity contribution in [1.29, 1.82) is 5.26 Å². The molecule has 0 unspecified atom stereocenters. The number of nitriles is 1. The molecule has 0 spiro atoms. The Morgan fingerprint density at radius 1 is 1.28 bits per heavy atom. The number of nitro groups is 1. The first-order valence-corrected chi connectivity index (χ1v) is 15.9. The zero-order chi connectivity index (χ0) is 28.9. The van der Waals surface area contributed by atoms with Crippen LogP contribution in [0.1, 0.15) is 21.6 Å². The van der Waals surface area contributed by atoms with E-state index in [1.165, 1.54) is 29.1 Å². The maximum Gasteiger partial charge on any atom is 0.314 e. The number of benzene rings is 2. The number of nitrogens with one attached hydrogen (secondary N) is 1. The van der Waals surface area contributed by atoms with E-state index >= 15 is 4.39 Å². The quantitative estimate of drug-likeness (QED) is 0.119. The average molecular weight is 598 g/mol. The number of amides is 1. The van der Waals surface area contributed by atoms with Gasteiger partial charge in [0.2, 0.25) is 5.75 Å². The minimum atomic E-state index is -1.31. The molecular formula is C24H23Cl2F2N5O5Si. The van der Waals surface area contributed by atoms with Gasteiger partial charge in [-0.2, -0.15) is 5.26 Å². The summed E-state index contributed by atoms with van der Waals surface area (Å²) >= 11 is 12.2. The number of imidazole rings is 1. The summed E-state index contributed by atoms with van der Waals surface area (Å²) in [4.78, 5) is 27.2. The molecule has 0 fully saturated rings. The van der Waals surface area contributed by atoms with Crippen LogP contribution in [0.5, 0.6) is 11.5 Å². The van der Waals surface area contributed by atoms with Gasteiger partial charge in [-0.15, -0.1) is 0 Å². The fraction of sp³-hybridized carbons (Fsp3) is 0.292. The van der Waals surface area contributed by atoms with Crippen molar-refractivity contribution < 1.29 is 28.0 Å². The molecule has 1 aromatic heterocycles. The first-order chi connectivity index (χ1) is 18.3. The second kappa shape index (κ2) is 12.5. The van der Waals surface area contributed by atoms with Gasteiger partial charge in [0.1, 0.15) is 24.3 Å². The summed E-state index contributed by atoms with van der Waals surface area (Å²) in [6.07, 6.45) is 1.35.